The Kier molecular flexibility index (Phi) is 3.59. The van der Waals surface area contributed by atoms with Crippen molar-refractivity contribution in [3.05, 3.63) is 11.0 Å². The van der Waals surface area contributed by atoms with Gasteiger partial charge in [-0.15, -0.1) is 11.8 Å². The second-order valence-electron chi connectivity index (χ2n) is 3.99. The largest absolute Gasteiger partial charge is 0.179 e. The molecule has 1 aliphatic heterocycles. The molecule has 0 saturated carbocycles. The fourth-order valence-corrected chi connectivity index (χ4v) is 3.41. The predicted molar refractivity (Wildman–Crippen MR) is 62.0 cm³/mol. The van der Waals surface area contributed by atoms with E-state index in [-0.39, 0.29) is 0 Å². The van der Waals surface area contributed by atoms with Gasteiger partial charge >= 0.3 is 0 Å². The third kappa shape index (κ3) is 2.46. The van der Waals surface area contributed by atoms with Gasteiger partial charge in [-0.05, 0) is 36.3 Å². The van der Waals surface area contributed by atoms with Crippen LogP contribution in [0, 0.1) is 5.92 Å². The van der Waals surface area contributed by atoms with Gasteiger partial charge in [-0.3, -0.25) is 0 Å². The molecule has 0 aliphatic carbocycles. The third-order valence-corrected chi connectivity index (χ3v) is 4.27. The van der Waals surface area contributed by atoms with Gasteiger partial charge < -0.3 is 0 Å². The van der Waals surface area contributed by atoms with E-state index in [0.29, 0.717) is 10.7 Å². The molecule has 0 fully saturated rings. The minimum Gasteiger partial charge on any atom is -0.179 e. The summed E-state index contributed by atoms with van der Waals surface area (Å²) >= 11 is 6.35. The second kappa shape index (κ2) is 4.10. The smallest absolute Gasteiger partial charge is 0.0218 e. The maximum atomic E-state index is 4.29. The van der Waals surface area contributed by atoms with Crippen LogP contribution in [0.25, 0.3) is 0 Å². The SMILES string of the molecule is CC(C)C1=CCC(C)(CCS)S1. The second-order valence-corrected chi connectivity index (χ2v) is 6.10. The normalized spacial score (nSPS) is 29.6. The van der Waals surface area contributed by atoms with Crippen molar-refractivity contribution in [1.82, 2.24) is 0 Å². The summed E-state index contributed by atoms with van der Waals surface area (Å²) in [4.78, 5) is 1.57. The third-order valence-electron chi connectivity index (χ3n) is 2.31. The molecule has 2 heteroatoms. The first kappa shape index (κ1) is 10.5. The molecule has 1 heterocycles. The highest BCUT2D eigenvalue weighted by Crippen LogP contribution is 2.46. The van der Waals surface area contributed by atoms with Crippen molar-refractivity contribution < 1.29 is 0 Å². The van der Waals surface area contributed by atoms with E-state index in [9.17, 15) is 0 Å². The van der Waals surface area contributed by atoms with Crippen LogP contribution in [0.15, 0.2) is 11.0 Å². The summed E-state index contributed by atoms with van der Waals surface area (Å²) in [7, 11) is 0. The summed E-state index contributed by atoms with van der Waals surface area (Å²) in [5.74, 6) is 1.71. The van der Waals surface area contributed by atoms with Crippen molar-refractivity contribution in [3.63, 3.8) is 0 Å². The van der Waals surface area contributed by atoms with E-state index in [4.69, 9.17) is 0 Å². The van der Waals surface area contributed by atoms with E-state index in [0.717, 1.165) is 5.75 Å². The zero-order valence-electron chi connectivity index (χ0n) is 8.13. The van der Waals surface area contributed by atoms with Crippen LogP contribution in [0.3, 0.4) is 0 Å². The Morgan fingerprint density at radius 3 is 2.75 bits per heavy atom. The van der Waals surface area contributed by atoms with Crippen molar-refractivity contribution in [1.29, 1.82) is 0 Å². The summed E-state index contributed by atoms with van der Waals surface area (Å²) in [5, 5.41) is 0. The van der Waals surface area contributed by atoms with Gasteiger partial charge in [0.25, 0.3) is 0 Å². The molecule has 0 saturated heterocycles. The van der Waals surface area contributed by atoms with E-state index in [2.05, 4.69) is 51.2 Å². The Balaban J connectivity index is 2.50. The molecule has 1 aliphatic rings. The number of thioether (sulfide) groups is 1. The highest BCUT2D eigenvalue weighted by Gasteiger charge is 2.30. The van der Waals surface area contributed by atoms with Crippen LogP contribution < -0.4 is 0 Å². The lowest BCUT2D eigenvalue weighted by molar-refractivity contribution is 0.646. The number of rotatable bonds is 3. The fourth-order valence-electron chi connectivity index (χ4n) is 1.43. The van der Waals surface area contributed by atoms with Crippen molar-refractivity contribution in [2.75, 3.05) is 5.75 Å². The van der Waals surface area contributed by atoms with E-state index in [1.807, 2.05) is 0 Å². The van der Waals surface area contributed by atoms with Gasteiger partial charge in [-0.1, -0.05) is 19.9 Å². The van der Waals surface area contributed by atoms with Crippen molar-refractivity contribution in [2.45, 2.75) is 38.4 Å². The van der Waals surface area contributed by atoms with Crippen molar-refractivity contribution in [3.8, 4) is 0 Å². The Morgan fingerprint density at radius 1 is 1.67 bits per heavy atom. The lowest BCUT2D eigenvalue weighted by atomic mass is 10.0. The minimum absolute atomic E-state index is 0.446. The Morgan fingerprint density at radius 2 is 2.33 bits per heavy atom. The minimum atomic E-state index is 0.446. The monoisotopic (exact) mass is 202 g/mol. The highest BCUT2D eigenvalue weighted by molar-refractivity contribution is 8.04. The van der Waals surface area contributed by atoms with E-state index < -0.39 is 0 Å². The van der Waals surface area contributed by atoms with Crippen LogP contribution in [0.1, 0.15) is 33.6 Å². The Labute approximate surface area is 85.6 Å². The Bertz CT molecular complexity index is 184. The molecular weight excluding hydrogens is 184 g/mol. The molecule has 0 aromatic carbocycles. The Hall–Kier alpha value is 0.440. The predicted octanol–water partition coefficient (Wildman–Crippen LogP) is 3.74. The first-order valence-electron chi connectivity index (χ1n) is 4.57. The molecule has 70 valence electrons. The van der Waals surface area contributed by atoms with Gasteiger partial charge in [0.05, 0.1) is 0 Å². The first-order chi connectivity index (χ1) is 5.57. The van der Waals surface area contributed by atoms with Crippen LogP contribution in [0.2, 0.25) is 0 Å². The summed E-state index contributed by atoms with van der Waals surface area (Å²) in [6, 6.07) is 0. The molecule has 1 rings (SSSR count). The number of hydrogen-bond donors (Lipinski definition) is 1. The van der Waals surface area contributed by atoms with Crippen LogP contribution in [-0.4, -0.2) is 10.5 Å². The maximum Gasteiger partial charge on any atom is 0.0218 e. The topological polar surface area (TPSA) is 0 Å². The number of hydrogen-bond acceptors (Lipinski definition) is 2. The van der Waals surface area contributed by atoms with E-state index in [1.165, 1.54) is 12.8 Å². The average Bonchev–Trinajstić information content (AvgIpc) is 2.33. The molecule has 0 N–H and O–H groups in total. The van der Waals surface area contributed by atoms with Crippen molar-refractivity contribution in [2.24, 2.45) is 5.92 Å². The van der Waals surface area contributed by atoms with Gasteiger partial charge in [0.1, 0.15) is 0 Å². The van der Waals surface area contributed by atoms with Crippen LogP contribution in [0.4, 0.5) is 0 Å². The van der Waals surface area contributed by atoms with E-state index in [1.54, 1.807) is 4.91 Å². The molecule has 0 spiro atoms. The molecule has 1 atom stereocenters. The molecule has 1 unspecified atom stereocenters. The molecule has 12 heavy (non-hydrogen) atoms. The van der Waals surface area contributed by atoms with Gasteiger partial charge in [-0.2, -0.15) is 12.6 Å². The molecule has 0 amide bonds. The fraction of sp³-hybridized carbons (Fsp3) is 0.800. The summed E-state index contributed by atoms with van der Waals surface area (Å²) in [5.41, 5.74) is 0. The van der Waals surface area contributed by atoms with Gasteiger partial charge in [0.15, 0.2) is 0 Å². The first-order valence-corrected chi connectivity index (χ1v) is 6.02. The zero-order valence-corrected chi connectivity index (χ0v) is 9.84. The van der Waals surface area contributed by atoms with Crippen molar-refractivity contribution >= 4 is 24.4 Å². The summed E-state index contributed by atoms with van der Waals surface area (Å²) < 4.78 is 0.446. The average molecular weight is 202 g/mol. The molecule has 0 bridgehead atoms. The zero-order chi connectivity index (χ0) is 9.19. The maximum absolute atomic E-state index is 4.29. The summed E-state index contributed by atoms with van der Waals surface area (Å²) in [6.07, 6.45) is 4.85. The lowest BCUT2D eigenvalue weighted by Crippen LogP contribution is -2.16. The van der Waals surface area contributed by atoms with Crippen LogP contribution in [0.5, 0.6) is 0 Å². The number of allylic oxidation sites excluding steroid dienone is 2. The quantitative estimate of drug-likeness (QED) is 0.680. The van der Waals surface area contributed by atoms with Gasteiger partial charge in [-0.25, -0.2) is 0 Å². The van der Waals surface area contributed by atoms with Crippen LogP contribution in [-0.2, 0) is 0 Å². The van der Waals surface area contributed by atoms with E-state index >= 15 is 0 Å². The molecule has 0 aromatic heterocycles. The highest BCUT2D eigenvalue weighted by atomic mass is 32.2. The van der Waals surface area contributed by atoms with Crippen LogP contribution >= 0.6 is 24.4 Å². The van der Waals surface area contributed by atoms with Gasteiger partial charge in [0.2, 0.25) is 0 Å². The lowest BCUT2D eigenvalue weighted by Gasteiger charge is -2.23. The molecular formula is C10H18S2. The van der Waals surface area contributed by atoms with Gasteiger partial charge in [0, 0.05) is 4.75 Å². The molecule has 0 nitrogen and oxygen atoms in total. The molecule has 0 radical (unpaired) electrons. The summed E-state index contributed by atoms with van der Waals surface area (Å²) in [6.45, 7) is 6.89. The standard InChI is InChI=1S/C10H18S2/c1-8(2)9-4-5-10(3,12-9)6-7-11/h4,8,11H,5-7H2,1-3H3. The molecule has 0 aromatic rings. The number of thiol groups is 1.